The molecule has 0 unspecified atom stereocenters. The van der Waals surface area contributed by atoms with Crippen LogP contribution in [0.4, 0.5) is 0 Å². The van der Waals surface area contributed by atoms with Crippen molar-refractivity contribution in [1.29, 1.82) is 0 Å². The largest absolute Gasteiger partial charge is 0.310 e. The van der Waals surface area contributed by atoms with Gasteiger partial charge in [-0.25, -0.2) is 4.98 Å². The Morgan fingerprint density at radius 3 is 3.00 bits per heavy atom. The second-order valence-electron chi connectivity index (χ2n) is 3.15. The minimum atomic E-state index is -0.0950. The molecule has 13 heavy (non-hydrogen) atoms. The molecule has 2 heterocycles. The SMILES string of the molecule is CC(C)c1nc2sncc2c(=O)[nH]1. The summed E-state index contributed by atoms with van der Waals surface area (Å²) in [4.78, 5) is 19.2. The Kier molecular flexibility index (Phi) is 1.88. The molecule has 5 heteroatoms. The van der Waals surface area contributed by atoms with Gasteiger partial charge in [-0.2, -0.15) is 4.37 Å². The summed E-state index contributed by atoms with van der Waals surface area (Å²) >= 11 is 1.25. The van der Waals surface area contributed by atoms with Crippen LogP contribution in [0.1, 0.15) is 25.6 Å². The van der Waals surface area contributed by atoms with Crippen molar-refractivity contribution < 1.29 is 0 Å². The lowest BCUT2D eigenvalue weighted by Gasteiger charge is -2.01. The number of hydrogen-bond acceptors (Lipinski definition) is 4. The first-order valence-electron chi connectivity index (χ1n) is 4.03. The molecular formula is C8H9N3OS. The molecule has 0 aromatic carbocycles. The maximum atomic E-state index is 11.4. The molecule has 0 amide bonds. The lowest BCUT2D eigenvalue weighted by atomic mass is 10.2. The van der Waals surface area contributed by atoms with Crippen LogP contribution in [-0.2, 0) is 0 Å². The van der Waals surface area contributed by atoms with Crippen LogP contribution < -0.4 is 5.56 Å². The van der Waals surface area contributed by atoms with Crippen molar-refractivity contribution in [2.24, 2.45) is 0 Å². The van der Waals surface area contributed by atoms with Gasteiger partial charge in [-0.05, 0) is 11.5 Å². The van der Waals surface area contributed by atoms with E-state index < -0.39 is 0 Å². The van der Waals surface area contributed by atoms with Gasteiger partial charge in [0.25, 0.3) is 5.56 Å². The number of fused-ring (bicyclic) bond motifs is 1. The third-order valence-electron chi connectivity index (χ3n) is 1.81. The van der Waals surface area contributed by atoms with Crippen molar-refractivity contribution in [3.05, 3.63) is 22.4 Å². The molecular weight excluding hydrogens is 186 g/mol. The van der Waals surface area contributed by atoms with Crippen LogP contribution in [0.5, 0.6) is 0 Å². The predicted molar refractivity (Wildman–Crippen MR) is 52.1 cm³/mol. The summed E-state index contributed by atoms with van der Waals surface area (Å²) in [5, 5.41) is 0.578. The number of aromatic amines is 1. The highest BCUT2D eigenvalue weighted by Crippen LogP contribution is 2.14. The first kappa shape index (κ1) is 8.37. The maximum absolute atomic E-state index is 11.4. The van der Waals surface area contributed by atoms with Gasteiger partial charge in [0.15, 0.2) is 4.83 Å². The van der Waals surface area contributed by atoms with Crippen LogP contribution >= 0.6 is 11.5 Å². The molecule has 0 fully saturated rings. The van der Waals surface area contributed by atoms with E-state index in [-0.39, 0.29) is 11.5 Å². The van der Waals surface area contributed by atoms with Crippen LogP contribution in [0, 0.1) is 0 Å². The average Bonchev–Trinajstić information content (AvgIpc) is 2.51. The van der Waals surface area contributed by atoms with Crippen molar-refractivity contribution >= 4 is 21.7 Å². The normalized spacial score (nSPS) is 11.3. The summed E-state index contributed by atoms with van der Waals surface area (Å²) < 4.78 is 3.92. The highest BCUT2D eigenvalue weighted by atomic mass is 32.1. The Hall–Kier alpha value is -1.23. The molecule has 0 atom stereocenters. The smallest absolute Gasteiger partial charge is 0.261 e. The third kappa shape index (κ3) is 1.35. The number of rotatable bonds is 1. The van der Waals surface area contributed by atoms with Gasteiger partial charge in [0, 0.05) is 5.92 Å². The van der Waals surface area contributed by atoms with Crippen LogP contribution in [0.15, 0.2) is 11.0 Å². The van der Waals surface area contributed by atoms with Crippen LogP contribution in [0.3, 0.4) is 0 Å². The van der Waals surface area contributed by atoms with E-state index in [1.54, 1.807) is 6.20 Å². The highest BCUT2D eigenvalue weighted by molar-refractivity contribution is 7.12. The number of nitrogens with one attached hydrogen (secondary N) is 1. The fraction of sp³-hybridized carbons (Fsp3) is 0.375. The fourth-order valence-corrected chi connectivity index (χ4v) is 1.71. The molecule has 0 radical (unpaired) electrons. The lowest BCUT2D eigenvalue weighted by Crippen LogP contribution is -2.11. The number of nitrogens with zero attached hydrogens (tertiary/aromatic N) is 2. The Morgan fingerprint density at radius 1 is 1.54 bits per heavy atom. The second kappa shape index (κ2) is 2.92. The predicted octanol–water partition coefficient (Wildman–Crippen LogP) is 1.50. The Balaban J connectivity index is 2.77. The van der Waals surface area contributed by atoms with E-state index in [4.69, 9.17) is 0 Å². The standard InChI is InChI=1S/C8H9N3OS/c1-4(2)6-10-7(12)5-3-9-13-8(5)11-6/h3-4H,1-2H3,(H,10,11,12). The zero-order chi connectivity index (χ0) is 9.42. The van der Waals surface area contributed by atoms with Crippen molar-refractivity contribution in [3.8, 4) is 0 Å². The van der Waals surface area contributed by atoms with Gasteiger partial charge in [-0.15, -0.1) is 0 Å². The fourth-order valence-electron chi connectivity index (χ4n) is 1.06. The van der Waals surface area contributed by atoms with Gasteiger partial charge < -0.3 is 4.98 Å². The Labute approximate surface area is 78.8 Å². The minimum Gasteiger partial charge on any atom is -0.310 e. The van der Waals surface area contributed by atoms with Crippen molar-refractivity contribution in [2.75, 3.05) is 0 Å². The number of aromatic nitrogens is 3. The molecule has 0 aliphatic rings. The van der Waals surface area contributed by atoms with Gasteiger partial charge >= 0.3 is 0 Å². The molecule has 0 bridgehead atoms. The number of hydrogen-bond donors (Lipinski definition) is 1. The van der Waals surface area contributed by atoms with E-state index in [2.05, 4.69) is 14.3 Å². The molecule has 0 aliphatic heterocycles. The quantitative estimate of drug-likeness (QED) is 0.750. The summed E-state index contributed by atoms with van der Waals surface area (Å²) in [6.07, 6.45) is 1.55. The van der Waals surface area contributed by atoms with Gasteiger partial charge in [-0.3, -0.25) is 4.79 Å². The van der Waals surface area contributed by atoms with E-state index in [1.165, 1.54) is 11.5 Å². The molecule has 68 valence electrons. The summed E-state index contributed by atoms with van der Waals surface area (Å²) in [5.74, 6) is 0.959. The van der Waals surface area contributed by atoms with Gasteiger partial charge in [-0.1, -0.05) is 13.8 Å². The molecule has 2 rings (SSSR count). The molecule has 0 saturated heterocycles. The van der Waals surface area contributed by atoms with E-state index >= 15 is 0 Å². The zero-order valence-electron chi connectivity index (χ0n) is 7.37. The summed E-state index contributed by atoms with van der Waals surface area (Å²) in [5.41, 5.74) is -0.0950. The number of H-pyrrole nitrogens is 1. The summed E-state index contributed by atoms with van der Waals surface area (Å²) in [7, 11) is 0. The van der Waals surface area contributed by atoms with Gasteiger partial charge in [0.05, 0.1) is 11.6 Å². The topological polar surface area (TPSA) is 58.6 Å². The van der Waals surface area contributed by atoms with E-state index in [9.17, 15) is 4.79 Å². The average molecular weight is 195 g/mol. The second-order valence-corrected chi connectivity index (χ2v) is 3.93. The maximum Gasteiger partial charge on any atom is 0.261 e. The summed E-state index contributed by atoms with van der Waals surface area (Å²) in [6, 6.07) is 0. The van der Waals surface area contributed by atoms with Crippen molar-refractivity contribution in [3.63, 3.8) is 0 Å². The molecule has 2 aromatic rings. The van der Waals surface area contributed by atoms with Crippen LogP contribution in [0.25, 0.3) is 10.2 Å². The van der Waals surface area contributed by atoms with Crippen molar-refractivity contribution in [1.82, 2.24) is 14.3 Å². The molecule has 0 saturated carbocycles. The summed E-state index contributed by atoms with van der Waals surface area (Å²) in [6.45, 7) is 3.98. The van der Waals surface area contributed by atoms with Crippen LogP contribution in [-0.4, -0.2) is 14.3 Å². The minimum absolute atomic E-state index is 0.0950. The molecule has 2 aromatic heterocycles. The first-order chi connectivity index (χ1) is 6.18. The lowest BCUT2D eigenvalue weighted by molar-refractivity contribution is 0.778. The van der Waals surface area contributed by atoms with Crippen LogP contribution in [0.2, 0.25) is 0 Å². The van der Waals surface area contributed by atoms with E-state index in [0.29, 0.717) is 10.2 Å². The monoisotopic (exact) mass is 195 g/mol. The van der Waals surface area contributed by atoms with E-state index in [1.807, 2.05) is 13.8 Å². The Morgan fingerprint density at radius 2 is 2.31 bits per heavy atom. The van der Waals surface area contributed by atoms with Gasteiger partial charge in [0.1, 0.15) is 5.82 Å². The van der Waals surface area contributed by atoms with Crippen molar-refractivity contribution in [2.45, 2.75) is 19.8 Å². The molecule has 0 spiro atoms. The highest BCUT2D eigenvalue weighted by Gasteiger charge is 2.07. The van der Waals surface area contributed by atoms with E-state index in [0.717, 1.165) is 5.82 Å². The first-order valence-corrected chi connectivity index (χ1v) is 4.80. The Bertz CT molecular complexity index is 485. The molecule has 4 nitrogen and oxygen atoms in total. The molecule has 1 N–H and O–H groups in total. The molecule has 0 aliphatic carbocycles. The third-order valence-corrected chi connectivity index (χ3v) is 2.50. The zero-order valence-corrected chi connectivity index (χ0v) is 8.18. The van der Waals surface area contributed by atoms with Gasteiger partial charge in [0.2, 0.25) is 0 Å².